The van der Waals surface area contributed by atoms with Crippen LogP contribution in [-0.2, 0) is 6.42 Å². The Morgan fingerprint density at radius 2 is 2.00 bits per heavy atom. The average Bonchev–Trinajstić information content (AvgIpc) is 3.01. The Bertz CT molecular complexity index is 462. The molecule has 2 nitrogen and oxygen atoms in total. The number of hydrogen-bond acceptors (Lipinski definition) is 2. The fourth-order valence-electron chi connectivity index (χ4n) is 3.86. The Morgan fingerprint density at radius 3 is 2.65 bits per heavy atom. The van der Waals surface area contributed by atoms with Gasteiger partial charge in [0.2, 0.25) is 0 Å². The van der Waals surface area contributed by atoms with Gasteiger partial charge in [-0.05, 0) is 55.2 Å². The molecule has 1 saturated carbocycles. The van der Waals surface area contributed by atoms with Gasteiger partial charge in [0.1, 0.15) is 0 Å². The van der Waals surface area contributed by atoms with E-state index >= 15 is 0 Å². The summed E-state index contributed by atoms with van der Waals surface area (Å²) in [6, 6.07) is 6.55. The lowest BCUT2D eigenvalue weighted by atomic mass is 10.0. The molecule has 1 aliphatic heterocycles. The first kappa shape index (κ1) is 14.2. The van der Waals surface area contributed by atoms with Crippen molar-refractivity contribution in [3.05, 3.63) is 28.8 Å². The van der Waals surface area contributed by atoms with Gasteiger partial charge in [-0.3, -0.25) is 0 Å². The molecule has 3 rings (SSSR count). The van der Waals surface area contributed by atoms with Crippen molar-refractivity contribution in [1.82, 2.24) is 0 Å². The highest BCUT2D eigenvalue weighted by Crippen LogP contribution is 2.41. The number of fused-ring (bicyclic) bond motifs is 1. The van der Waals surface area contributed by atoms with Crippen LogP contribution in [0.4, 0.5) is 5.69 Å². The maximum atomic E-state index is 6.23. The van der Waals surface area contributed by atoms with E-state index < -0.39 is 0 Å². The second-order valence-corrected chi connectivity index (χ2v) is 6.94. The van der Waals surface area contributed by atoms with Crippen molar-refractivity contribution in [1.29, 1.82) is 0 Å². The standard InChI is InChI=1S/C17H25ClN2/c1-2-16(19)8-12-6-7-15(18)9-17(12)20-10-13-4-3-5-14(13)11-20/h6-7,9,13-14,16H,2-5,8,10-11,19H2,1H3. The molecule has 3 unspecified atom stereocenters. The van der Waals surface area contributed by atoms with Crippen LogP contribution in [0.25, 0.3) is 0 Å². The Kier molecular flexibility index (Phi) is 4.23. The lowest BCUT2D eigenvalue weighted by molar-refractivity contribution is 0.494. The van der Waals surface area contributed by atoms with Crippen molar-refractivity contribution in [2.75, 3.05) is 18.0 Å². The quantitative estimate of drug-likeness (QED) is 0.913. The summed E-state index contributed by atoms with van der Waals surface area (Å²) in [5.41, 5.74) is 8.85. The van der Waals surface area contributed by atoms with Gasteiger partial charge in [0.15, 0.2) is 0 Å². The molecular weight excluding hydrogens is 268 g/mol. The predicted octanol–water partition coefficient (Wildman–Crippen LogP) is 3.86. The van der Waals surface area contributed by atoms with Gasteiger partial charge in [0, 0.05) is 29.8 Å². The zero-order valence-corrected chi connectivity index (χ0v) is 13.1. The lowest BCUT2D eigenvalue weighted by Crippen LogP contribution is -2.26. The third-order valence-electron chi connectivity index (χ3n) is 5.12. The third-order valence-corrected chi connectivity index (χ3v) is 5.36. The van der Waals surface area contributed by atoms with E-state index in [2.05, 4.69) is 24.0 Å². The third kappa shape index (κ3) is 2.82. The smallest absolute Gasteiger partial charge is 0.0426 e. The SMILES string of the molecule is CCC(N)Cc1ccc(Cl)cc1N1CC2CCCC2C1. The van der Waals surface area contributed by atoms with Crippen molar-refractivity contribution >= 4 is 17.3 Å². The van der Waals surface area contributed by atoms with E-state index in [0.29, 0.717) is 0 Å². The molecule has 2 N–H and O–H groups in total. The van der Waals surface area contributed by atoms with Crippen LogP contribution in [-0.4, -0.2) is 19.1 Å². The van der Waals surface area contributed by atoms with Gasteiger partial charge in [0.25, 0.3) is 0 Å². The molecule has 0 aromatic heterocycles. The first-order chi connectivity index (χ1) is 9.67. The molecular formula is C17H25ClN2. The Morgan fingerprint density at radius 1 is 1.30 bits per heavy atom. The molecule has 110 valence electrons. The van der Waals surface area contributed by atoms with Crippen molar-refractivity contribution in [3.63, 3.8) is 0 Å². The van der Waals surface area contributed by atoms with Crippen LogP contribution in [0.3, 0.4) is 0 Å². The molecule has 2 fully saturated rings. The van der Waals surface area contributed by atoms with Crippen LogP contribution in [0.1, 0.15) is 38.2 Å². The molecule has 20 heavy (non-hydrogen) atoms. The molecule has 1 aromatic carbocycles. The van der Waals surface area contributed by atoms with E-state index in [1.807, 2.05) is 6.07 Å². The first-order valence-corrected chi connectivity index (χ1v) is 8.34. The minimum absolute atomic E-state index is 0.247. The molecule has 2 aliphatic rings. The topological polar surface area (TPSA) is 29.3 Å². The summed E-state index contributed by atoms with van der Waals surface area (Å²) < 4.78 is 0. The minimum atomic E-state index is 0.247. The maximum absolute atomic E-state index is 6.23. The lowest BCUT2D eigenvalue weighted by Gasteiger charge is -2.24. The van der Waals surface area contributed by atoms with Gasteiger partial charge < -0.3 is 10.6 Å². The number of nitrogens with two attached hydrogens (primary N) is 1. The number of rotatable bonds is 4. The van der Waals surface area contributed by atoms with Gasteiger partial charge in [-0.15, -0.1) is 0 Å². The van der Waals surface area contributed by atoms with Gasteiger partial charge in [-0.2, -0.15) is 0 Å². The van der Waals surface area contributed by atoms with Crippen molar-refractivity contribution in [2.45, 2.75) is 45.1 Å². The Labute approximate surface area is 127 Å². The summed E-state index contributed by atoms with van der Waals surface area (Å²) in [4.78, 5) is 2.55. The summed E-state index contributed by atoms with van der Waals surface area (Å²) in [7, 11) is 0. The van der Waals surface area contributed by atoms with E-state index in [9.17, 15) is 0 Å². The number of benzene rings is 1. The molecule has 1 aliphatic carbocycles. The van der Waals surface area contributed by atoms with E-state index in [0.717, 1.165) is 29.7 Å². The molecule has 1 saturated heterocycles. The first-order valence-electron chi connectivity index (χ1n) is 7.96. The largest absolute Gasteiger partial charge is 0.371 e. The number of nitrogens with zero attached hydrogens (tertiary/aromatic N) is 1. The van der Waals surface area contributed by atoms with Crippen LogP contribution in [0.5, 0.6) is 0 Å². The van der Waals surface area contributed by atoms with E-state index in [1.165, 1.54) is 43.6 Å². The molecule has 0 bridgehead atoms. The molecule has 1 heterocycles. The highest BCUT2D eigenvalue weighted by atomic mass is 35.5. The molecule has 0 spiro atoms. The summed E-state index contributed by atoms with van der Waals surface area (Å²) >= 11 is 6.23. The van der Waals surface area contributed by atoms with Crippen LogP contribution >= 0.6 is 11.6 Å². The fraction of sp³-hybridized carbons (Fsp3) is 0.647. The minimum Gasteiger partial charge on any atom is -0.371 e. The van der Waals surface area contributed by atoms with Crippen molar-refractivity contribution in [2.24, 2.45) is 17.6 Å². The van der Waals surface area contributed by atoms with Crippen molar-refractivity contribution < 1.29 is 0 Å². The van der Waals surface area contributed by atoms with Crippen LogP contribution in [0, 0.1) is 11.8 Å². The number of halogens is 1. The van der Waals surface area contributed by atoms with Crippen molar-refractivity contribution in [3.8, 4) is 0 Å². The predicted molar refractivity (Wildman–Crippen MR) is 86.5 cm³/mol. The summed E-state index contributed by atoms with van der Waals surface area (Å²) in [6.07, 6.45) is 6.21. The summed E-state index contributed by atoms with van der Waals surface area (Å²) in [5, 5.41) is 0.839. The summed E-state index contributed by atoms with van der Waals surface area (Å²) in [5.74, 6) is 1.81. The van der Waals surface area contributed by atoms with Crippen LogP contribution in [0.15, 0.2) is 18.2 Å². The Hall–Kier alpha value is -0.730. The zero-order valence-electron chi connectivity index (χ0n) is 12.3. The highest BCUT2D eigenvalue weighted by Gasteiger charge is 2.36. The fourth-order valence-corrected chi connectivity index (χ4v) is 4.03. The molecule has 0 radical (unpaired) electrons. The van der Waals surface area contributed by atoms with Gasteiger partial charge >= 0.3 is 0 Å². The molecule has 3 heteroatoms. The van der Waals surface area contributed by atoms with Gasteiger partial charge in [0.05, 0.1) is 0 Å². The monoisotopic (exact) mass is 292 g/mol. The zero-order chi connectivity index (χ0) is 14.1. The van der Waals surface area contributed by atoms with Gasteiger partial charge in [-0.1, -0.05) is 31.0 Å². The molecule has 3 atom stereocenters. The van der Waals surface area contributed by atoms with E-state index in [4.69, 9.17) is 17.3 Å². The average molecular weight is 293 g/mol. The van der Waals surface area contributed by atoms with Gasteiger partial charge in [-0.25, -0.2) is 0 Å². The highest BCUT2D eigenvalue weighted by molar-refractivity contribution is 6.30. The van der Waals surface area contributed by atoms with E-state index in [-0.39, 0.29) is 6.04 Å². The second kappa shape index (κ2) is 5.95. The molecule has 1 aromatic rings. The van der Waals surface area contributed by atoms with E-state index in [1.54, 1.807) is 0 Å². The summed E-state index contributed by atoms with van der Waals surface area (Å²) in [6.45, 7) is 4.57. The molecule has 0 amide bonds. The Balaban J connectivity index is 1.82. The normalized spacial score (nSPS) is 26.9. The number of anilines is 1. The van der Waals surface area contributed by atoms with Crippen LogP contribution < -0.4 is 10.6 Å². The number of hydrogen-bond donors (Lipinski definition) is 1. The second-order valence-electron chi connectivity index (χ2n) is 6.50. The van der Waals surface area contributed by atoms with Crippen LogP contribution in [0.2, 0.25) is 5.02 Å². The maximum Gasteiger partial charge on any atom is 0.0426 e.